The molecule has 0 spiro atoms. The molecule has 3 heterocycles. The number of aromatic amines is 1. The SMILES string of the molecule is CC(=O)O[C@@H](C)[C@@H]1O[C@H](n2cc(C)c(=O)[nH]c2=O)C[C@H]1N1C(=O)c2ccccc2C1=O. The minimum Gasteiger partial charge on any atom is -0.460 e. The molecule has 1 aromatic heterocycles. The highest BCUT2D eigenvalue weighted by Crippen LogP contribution is 2.37. The van der Waals surface area contributed by atoms with Crippen LogP contribution in [0, 0.1) is 6.92 Å². The Morgan fingerprint density at radius 2 is 1.77 bits per heavy atom. The normalized spacial score (nSPS) is 23.7. The van der Waals surface area contributed by atoms with Crippen molar-refractivity contribution in [1.82, 2.24) is 14.5 Å². The van der Waals surface area contributed by atoms with Gasteiger partial charge in [-0.05, 0) is 26.0 Å². The minimum atomic E-state index is -0.875. The Balaban J connectivity index is 1.73. The third-order valence-corrected chi connectivity index (χ3v) is 5.56. The van der Waals surface area contributed by atoms with Gasteiger partial charge < -0.3 is 9.47 Å². The summed E-state index contributed by atoms with van der Waals surface area (Å²) in [5.74, 6) is -1.49. The maximum absolute atomic E-state index is 13.0. The number of nitrogens with zero attached hydrogens (tertiary/aromatic N) is 2. The fourth-order valence-electron chi connectivity index (χ4n) is 4.16. The summed E-state index contributed by atoms with van der Waals surface area (Å²) in [6.45, 7) is 4.39. The largest absolute Gasteiger partial charge is 0.460 e. The molecule has 1 saturated heterocycles. The van der Waals surface area contributed by atoms with Crippen molar-refractivity contribution >= 4 is 17.8 Å². The molecule has 10 heteroatoms. The van der Waals surface area contributed by atoms with Crippen molar-refractivity contribution in [2.24, 2.45) is 0 Å². The summed E-state index contributed by atoms with van der Waals surface area (Å²) in [5, 5.41) is 0. The van der Waals surface area contributed by atoms with Crippen molar-refractivity contribution in [2.75, 3.05) is 0 Å². The lowest BCUT2D eigenvalue weighted by atomic mass is 10.0. The van der Waals surface area contributed by atoms with Crippen LogP contribution in [0.15, 0.2) is 40.1 Å². The van der Waals surface area contributed by atoms with E-state index >= 15 is 0 Å². The first-order valence-electron chi connectivity index (χ1n) is 9.80. The fourth-order valence-corrected chi connectivity index (χ4v) is 4.16. The Labute approximate surface area is 176 Å². The number of nitrogens with one attached hydrogen (secondary N) is 1. The van der Waals surface area contributed by atoms with Crippen LogP contribution in [-0.2, 0) is 14.3 Å². The topological polar surface area (TPSA) is 128 Å². The van der Waals surface area contributed by atoms with Gasteiger partial charge >= 0.3 is 11.7 Å². The highest BCUT2D eigenvalue weighted by molar-refractivity contribution is 6.21. The predicted molar refractivity (Wildman–Crippen MR) is 107 cm³/mol. The first kappa shape index (κ1) is 20.7. The van der Waals surface area contributed by atoms with E-state index in [1.165, 1.54) is 17.7 Å². The number of ether oxygens (including phenoxy) is 2. The van der Waals surface area contributed by atoms with E-state index < -0.39 is 53.5 Å². The van der Waals surface area contributed by atoms with E-state index in [4.69, 9.17) is 9.47 Å². The lowest BCUT2D eigenvalue weighted by Gasteiger charge is -2.29. The Morgan fingerprint density at radius 3 is 2.35 bits per heavy atom. The summed E-state index contributed by atoms with van der Waals surface area (Å²) in [6, 6.07) is 5.70. The van der Waals surface area contributed by atoms with Crippen molar-refractivity contribution < 1.29 is 23.9 Å². The Morgan fingerprint density at radius 1 is 1.16 bits per heavy atom. The van der Waals surface area contributed by atoms with Crippen LogP contribution in [0.1, 0.15) is 52.8 Å². The van der Waals surface area contributed by atoms with Crippen LogP contribution >= 0.6 is 0 Å². The number of hydrogen-bond acceptors (Lipinski definition) is 7. The van der Waals surface area contributed by atoms with Gasteiger partial charge in [0.1, 0.15) is 18.4 Å². The van der Waals surface area contributed by atoms with Crippen molar-refractivity contribution in [3.05, 3.63) is 68.0 Å². The highest BCUT2D eigenvalue weighted by atomic mass is 16.6. The van der Waals surface area contributed by atoms with Crippen LogP contribution in [0.2, 0.25) is 0 Å². The third-order valence-electron chi connectivity index (χ3n) is 5.56. The van der Waals surface area contributed by atoms with E-state index in [1.807, 2.05) is 0 Å². The van der Waals surface area contributed by atoms with Crippen LogP contribution in [0.4, 0.5) is 0 Å². The van der Waals surface area contributed by atoms with Gasteiger partial charge in [0.25, 0.3) is 17.4 Å². The van der Waals surface area contributed by atoms with Gasteiger partial charge in [-0.15, -0.1) is 0 Å². The first-order chi connectivity index (χ1) is 14.7. The van der Waals surface area contributed by atoms with Gasteiger partial charge in [0, 0.05) is 25.1 Å². The Hall–Kier alpha value is -3.53. The molecule has 0 unspecified atom stereocenters. The van der Waals surface area contributed by atoms with E-state index in [-0.39, 0.29) is 17.5 Å². The van der Waals surface area contributed by atoms with Gasteiger partial charge in [-0.1, -0.05) is 12.1 Å². The molecule has 0 bridgehead atoms. The van der Waals surface area contributed by atoms with E-state index in [9.17, 15) is 24.0 Å². The molecule has 1 N–H and O–H groups in total. The maximum atomic E-state index is 13.0. The maximum Gasteiger partial charge on any atom is 0.330 e. The number of imide groups is 1. The molecule has 2 amide bonds. The van der Waals surface area contributed by atoms with Crippen LogP contribution < -0.4 is 11.2 Å². The smallest absolute Gasteiger partial charge is 0.330 e. The highest BCUT2D eigenvalue weighted by Gasteiger charge is 2.50. The number of aryl methyl sites for hydroxylation is 1. The monoisotopic (exact) mass is 427 g/mol. The fraction of sp³-hybridized carbons (Fsp3) is 0.381. The number of rotatable bonds is 4. The zero-order valence-corrected chi connectivity index (χ0v) is 17.2. The first-order valence-corrected chi connectivity index (χ1v) is 9.80. The Kier molecular flexibility index (Phi) is 5.10. The molecular formula is C21H21N3O7. The molecule has 1 fully saturated rings. The lowest BCUT2D eigenvalue weighted by molar-refractivity contribution is -0.155. The number of amides is 2. The van der Waals surface area contributed by atoms with Crippen molar-refractivity contribution in [2.45, 2.75) is 51.7 Å². The molecule has 10 nitrogen and oxygen atoms in total. The zero-order valence-electron chi connectivity index (χ0n) is 17.2. The molecule has 4 rings (SSSR count). The van der Waals surface area contributed by atoms with E-state index in [2.05, 4.69) is 4.98 Å². The number of carbonyl (C=O) groups excluding carboxylic acids is 3. The summed E-state index contributed by atoms with van der Waals surface area (Å²) in [6.07, 6.45) is -1.08. The predicted octanol–water partition coefficient (Wildman–Crippen LogP) is 0.749. The van der Waals surface area contributed by atoms with E-state index in [1.54, 1.807) is 38.1 Å². The zero-order chi connectivity index (χ0) is 22.4. The van der Waals surface area contributed by atoms with Gasteiger partial charge in [-0.2, -0.15) is 0 Å². The molecule has 1 aromatic carbocycles. The van der Waals surface area contributed by atoms with E-state index in [0.717, 1.165) is 4.90 Å². The van der Waals surface area contributed by atoms with Crippen LogP contribution in [0.25, 0.3) is 0 Å². The van der Waals surface area contributed by atoms with Crippen molar-refractivity contribution in [3.8, 4) is 0 Å². The number of fused-ring (bicyclic) bond motifs is 1. The standard InChI is InChI=1S/C21H21N3O7/c1-10-9-23(21(29)22-18(10)26)16-8-15(17(31-16)11(2)30-12(3)25)24-19(27)13-6-4-5-7-14(13)20(24)28/h4-7,9,11,15-17H,8H2,1-3H3,(H,22,26,29)/t11-,15+,16-,17-/m0/s1. The summed E-state index contributed by atoms with van der Waals surface area (Å²) in [4.78, 5) is 65.0. The number of H-pyrrole nitrogens is 1. The van der Waals surface area contributed by atoms with Crippen molar-refractivity contribution in [1.29, 1.82) is 0 Å². The van der Waals surface area contributed by atoms with Crippen LogP contribution in [0.3, 0.4) is 0 Å². The number of carbonyl (C=O) groups is 3. The van der Waals surface area contributed by atoms with Gasteiger partial charge in [-0.3, -0.25) is 33.6 Å². The average Bonchev–Trinajstić information content (AvgIpc) is 3.24. The van der Waals surface area contributed by atoms with Crippen LogP contribution in [-0.4, -0.2) is 50.5 Å². The van der Waals surface area contributed by atoms with E-state index in [0.29, 0.717) is 5.56 Å². The third kappa shape index (κ3) is 3.48. The molecule has 162 valence electrons. The Bertz CT molecular complexity index is 1160. The van der Waals surface area contributed by atoms with Gasteiger partial charge in [0.2, 0.25) is 0 Å². The molecule has 2 aliphatic rings. The van der Waals surface area contributed by atoms with Crippen LogP contribution in [0.5, 0.6) is 0 Å². The average molecular weight is 427 g/mol. The second-order valence-electron chi connectivity index (χ2n) is 7.68. The molecule has 0 saturated carbocycles. The molecule has 2 aromatic rings. The summed E-state index contributed by atoms with van der Waals surface area (Å²) < 4.78 is 12.5. The second-order valence-corrected chi connectivity index (χ2v) is 7.68. The number of esters is 1. The summed E-state index contributed by atoms with van der Waals surface area (Å²) in [5.41, 5.74) is -0.320. The quantitative estimate of drug-likeness (QED) is 0.563. The second kappa shape index (κ2) is 7.62. The summed E-state index contributed by atoms with van der Waals surface area (Å²) >= 11 is 0. The lowest BCUT2D eigenvalue weighted by Crippen LogP contribution is -2.48. The van der Waals surface area contributed by atoms with Gasteiger partial charge in [0.05, 0.1) is 17.2 Å². The number of benzene rings is 1. The molecule has 0 aliphatic carbocycles. The van der Waals surface area contributed by atoms with Crippen molar-refractivity contribution in [3.63, 3.8) is 0 Å². The van der Waals surface area contributed by atoms with Gasteiger partial charge in [-0.25, -0.2) is 4.79 Å². The molecule has 4 atom stereocenters. The number of aromatic nitrogens is 2. The molecule has 2 aliphatic heterocycles. The molecule has 31 heavy (non-hydrogen) atoms. The minimum absolute atomic E-state index is 0.0904. The molecular weight excluding hydrogens is 406 g/mol. The summed E-state index contributed by atoms with van der Waals surface area (Å²) in [7, 11) is 0. The number of hydrogen-bond donors (Lipinski definition) is 1. The van der Waals surface area contributed by atoms with Gasteiger partial charge in [0.15, 0.2) is 0 Å². The molecule has 0 radical (unpaired) electrons.